The topological polar surface area (TPSA) is 34.0 Å². The van der Waals surface area contributed by atoms with Gasteiger partial charge >= 0.3 is 0 Å². The van der Waals surface area contributed by atoms with Crippen molar-refractivity contribution in [1.82, 2.24) is 14.5 Å². The molecule has 0 amide bonds. The first-order valence-electron chi connectivity index (χ1n) is 11.1. The van der Waals surface area contributed by atoms with Crippen LogP contribution in [0.1, 0.15) is 16.7 Å². The van der Waals surface area contributed by atoms with Gasteiger partial charge in [-0.3, -0.25) is 0 Å². The summed E-state index contributed by atoms with van der Waals surface area (Å²) in [7, 11) is 0. The third-order valence-electron chi connectivity index (χ3n) is 6.45. The molecule has 0 N–H and O–H groups in total. The van der Waals surface area contributed by atoms with Crippen molar-refractivity contribution in [2.24, 2.45) is 0 Å². The van der Waals surface area contributed by atoms with Gasteiger partial charge in [0.25, 0.3) is 0 Å². The van der Waals surface area contributed by atoms with Gasteiger partial charge < -0.3 is 9.47 Å². The van der Waals surface area contributed by atoms with Crippen LogP contribution in [0, 0.1) is 6.92 Å². The van der Waals surface area contributed by atoms with Crippen molar-refractivity contribution >= 4 is 16.9 Å². The molecule has 3 heterocycles. The number of aryl methyl sites for hydroxylation is 1. The van der Waals surface area contributed by atoms with Gasteiger partial charge in [0.05, 0.1) is 5.39 Å². The molecular weight excluding hydrogens is 392 g/mol. The van der Waals surface area contributed by atoms with Gasteiger partial charge in [0, 0.05) is 30.5 Å². The molecule has 0 aliphatic carbocycles. The zero-order valence-electron chi connectivity index (χ0n) is 18.1. The molecule has 3 aromatic carbocycles. The van der Waals surface area contributed by atoms with Gasteiger partial charge in [-0.15, -0.1) is 0 Å². The molecule has 1 aliphatic heterocycles. The maximum Gasteiger partial charge on any atom is 0.150 e. The Bertz CT molecular complexity index is 1420. The van der Waals surface area contributed by atoms with Gasteiger partial charge in [0.1, 0.15) is 12.1 Å². The zero-order chi connectivity index (χ0) is 21.5. The largest absolute Gasteiger partial charge is 0.351 e. The molecule has 32 heavy (non-hydrogen) atoms. The van der Waals surface area contributed by atoms with Crippen LogP contribution >= 0.6 is 0 Å². The van der Waals surface area contributed by atoms with Crippen molar-refractivity contribution in [2.75, 3.05) is 11.4 Å². The van der Waals surface area contributed by atoms with Crippen LogP contribution in [0.25, 0.3) is 27.8 Å². The van der Waals surface area contributed by atoms with E-state index in [2.05, 4.69) is 101 Å². The summed E-state index contributed by atoms with van der Waals surface area (Å²) in [5, 5.41) is 1.11. The molecule has 0 bridgehead atoms. The van der Waals surface area contributed by atoms with Crippen LogP contribution < -0.4 is 4.90 Å². The summed E-state index contributed by atoms with van der Waals surface area (Å²) in [5.74, 6) is 1.01. The summed E-state index contributed by atoms with van der Waals surface area (Å²) in [4.78, 5) is 12.0. The number of rotatable bonds is 3. The fraction of sp³-hybridized carbons (Fsp3) is 0.143. The van der Waals surface area contributed by atoms with Crippen molar-refractivity contribution < 1.29 is 0 Å². The molecular formula is C28H24N4. The van der Waals surface area contributed by atoms with E-state index in [0.717, 1.165) is 42.0 Å². The summed E-state index contributed by atoms with van der Waals surface area (Å²) >= 11 is 0. The third-order valence-corrected chi connectivity index (χ3v) is 6.45. The van der Waals surface area contributed by atoms with Crippen molar-refractivity contribution in [3.63, 3.8) is 0 Å². The summed E-state index contributed by atoms with van der Waals surface area (Å²) in [5.41, 5.74) is 8.47. The number of benzene rings is 3. The van der Waals surface area contributed by atoms with E-state index in [1.165, 1.54) is 27.8 Å². The van der Waals surface area contributed by atoms with Crippen LogP contribution in [0.15, 0.2) is 91.4 Å². The maximum atomic E-state index is 4.82. The highest BCUT2D eigenvalue weighted by atomic mass is 15.2. The molecule has 4 nitrogen and oxygen atoms in total. The minimum atomic E-state index is 0.867. The van der Waals surface area contributed by atoms with Crippen molar-refractivity contribution in [3.8, 4) is 16.8 Å². The van der Waals surface area contributed by atoms with Gasteiger partial charge in [-0.2, -0.15) is 0 Å². The fourth-order valence-corrected chi connectivity index (χ4v) is 4.82. The van der Waals surface area contributed by atoms with E-state index in [-0.39, 0.29) is 0 Å². The lowest BCUT2D eigenvalue weighted by atomic mass is 9.99. The van der Waals surface area contributed by atoms with E-state index in [0.29, 0.717) is 0 Å². The van der Waals surface area contributed by atoms with Crippen LogP contribution in [-0.4, -0.2) is 21.1 Å². The predicted octanol–water partition coefficient (Wildman–Crippen LogP) is 5.96. The first-order chi connectivity index (χ1) is 15.8. The van der Waals surface area contributed by atoms with Gasteiger partial charge in [0.15, 0.2) is 5.65 Å². The summed E-state index contributed by atoms with van der Waals surface area (Å²) in [6, 6.07) is 27.8. The van der Waals surface area contributed by atoms with Crippen LogP contribution in [-0.2, 0) is 13.0 Å². The molecule has 4 heteroatoms. The Kier molecular flexibility index (Phi) is 4.50. The van der Waals surface area contributed by atoms with Crippen LogP contribution in [0.3, 0.4) is 0 Å². The zero-order valence-corrected chi connectivity index (χ0v) is 18.1. The molecule has 0 spiro atoms. The first kappa shape index (κ1) is 18.8. The molecule has 0 saturated heterocycles. The highest BCUT2D eigenvalue weighted by molar-refractivity contribution is 6.02. The molecule has 0 saturated carbocycles. The highest BCUT2D eigenvalue weighted by Gasteiger charge is 2.24. The Morgan fingerprint density at radius 2 is 1.53 bits per heavy atom. The normalized spacial score (nSPS) is 13.3. The van der Waals surface area contributed by atoms with E-state index in [1.807, 2.05) is 0 Å². The van der Waals surface area contributed by atoms with Crippen molar-refractivity contribution in [1.29, 1.82) is 0 Å². The van der Waals surface area contributed by atoms with Crippen molar-refractivity contribution in [2.45, 2.75) is 19.9 Å². The number of anilines is 1. The Morgan fingerprint density at radius 1 is 0.781 bits per heavy atom. The molecule has 5 aromatic rings. The fourth-order valence-electron chi connectivity index (χ4n) is 4.82. The second kappa shape index (κ2) is 7.65. The predicted molar refractivity (Wildman–Crippen MR) is 130 cm³/mol. The van der Waals surface area contributed by atoms with Crippen molar-refractivity contribution in [3.05, 3.63) is 108 Å². The maximum absolute atomic E-state index is 4.82. The van der Waals surface area contributed by atoms with Crippen LogP contribution in [0.4, 0.5) is 5.82 Å². The first-order valence-corrected chi connectivity index (χ1v) is 11.1. The second-order valence-electron chi connectivity index (χ2n) is 8.40. The molecule has 6 rings (SSSR count). The van der Waals surface area contributed by atoms with Crippen LogP contribution in [0.5, 0.6) is 0 Å². The van der Waals surface area contributed by atoms with Gasteiger partial charge in [-0.05, 0) is 41.7 Å². The smallest absolute Gasteiger partial charge is 0.150 e. The number of nitrogens with zero attached hydrogens (tertiary/aromatic N) is 4. The Balaban J connectivity index is 1.59. The molecule has 0 unspecified atom stereocenters. The average molecular weight is 417 g/mol. The molecule has 0 atom stereocenters. The Hall–Kier alpha value is -3.92. The molecule has 0 fully saturated rings. The molecule has 0 radical (unpaired) electrons. The molecule has 2 aromatic heterocycles. The minimum absolute atomic E-state index is 0.867. The monoisotopic (exact) mass is 416 g/mol. The van der Waals surface area contributed by atoms with Gasteiger partial charge in [-0.25, -0.2) is 9.97 Å². The van der Waals surface area contributed by atoms with E-state index in [1.54, 1.807) is 6.33 Å². The number of aromatic nitrogens is 3. The van der Waals surface area contributed by atoms with Gasteiger partial charge in [-0.1, -0.05) is 72.8 Å². The van der Waals surface area contributed by atoms with Crippen LogP contribution in [0.2, 0.25) is 0 Å². The highest BCUT2D eigenvalue weighted by Crippen LogP contribution is 2.38. The van der Waals surface area contributed by atoms with E-state index in [9.17, 15) is 0 Å². The number of para-hydroxylation sites is 1. The third kappa shape index (κ3) is 3.07. The lowest BCUT2D eigenvalue weighted by Gasteiger charge is -2.30. The summed E-state index contributed by atoms with van der Waals surface area (Å²) < 4.78 is 2.22. The van der Waals surface area contributed by atoms with E-state index in [4.69, 9.17) is 9.97 Å². The lowest BCUT2D eigenvalue weighted by Crippen LogP contribution is -2.31. The Morgan fingerprint density at radius 3 is 2.38 bits per heavy atom. The summed E-state index contributed by atoms with van der Waals surface area (Å²) in [6.45, 7) is 3.96. The molecule has 156 valence electrons. The minimum Gasteiger partial charge on any atom is -0.351 e. The van der Waals surface area contributed by atoms with E-state index < -0.39 is 0 Å². The quantitative estimate of drug-likeness (QED) is 0.364. The number of hydrogen-bond acceptors (Lipinski definition) is 3. The number of hydrogen-bond donors (Lipinski definition) is 0. The SMILES string of the molecule is Cc1ccccc1-n1cc(-c2ccccc2)c2c(N3CCc4ccccc4C3)ncnc21. The average Bonchev–Trinajstić information content (AvgIpc) is 3.24. The lowest BCUT2D eigenvalue weighted by molar-refractivity contribution is 0.723. The van der Waals surface area contributed by atoms with E-state index >= 15 is 0 Å². The number of fused-ring (bicyclic) bond motifs is 2. The second-order valence-corrected chi connectivity index (χ2v) is 8.40. The molecule has 1 aliphatic rings. The Labute approximate surface area is 187 Å². The summed E-state index contributed by atoms with van der Waals surface area (Å²) in [6.07, 6.45) is 4.96. The van der Waals surface area contributed by atoms with Gasteiger partial charge in [0.2, 0.25) is 0 Å². The standard InChI is InChI=1S/C28H24N4/c1-20-9-5-8-14-25(20)32-18-24(22-11-3-2-4-12-22)26-27(29-19-30-28(26)32)31-16-15-21-10-6-7-13-23(21)17-31/h2-14,18-19H,15-17H2,1H3.